The van der Waals surface area contributed by atoms with Crippen LogP contribution in [0, 0.1) is 11.7 Å². The average molecular weight is 332 g/mol. The molecule has 0 spiro atoms. The van der Waals surface area contributed by atoms with Crippen LogP contribution >= 0.6 is 11.9 Å². The standard InChI is InChI=1S/C17H21FN4S/c18-13-3-6-16-15(8-13)17(20-11-19-16)22-7-1-2-12(10-22)9-21-23-14-4-5-14/h3,6,8,11-12,14,21H,1-2,4-5,7,9-10H2. The zero-order valence-electron chi connectivity index (χ0n) is 13.0. The van der Waals surface area contributed by atoms with Crippen LogP contribution in [0.15, 0.2) is 24.5 Å². The number of anilines is 1. The Bertz CT molecular complexity index is 691. The Morgan fingerprint density at radius 1 is 1.26 bits per heavy atom. The van der Waals surface area contributed by atoms with Crippen molar-refractivity contribution in [2.75, 3.05) is 24.5 Å². The molecule has 1 aromatic carbocycles. The van der Waals surface area contributed by atoms with E-state index in [9.17, 15) is 4.39 Å². The Balaban J connectivity index is 1.49. The molecule has 1 aliphatic heterocycles. The van der Waals surface area contributed by atoms with E-state index in [1.54, 1.807) is 18.5 Å². The van der Waals surface area contributed by atoms with Gasteiger partial charge in [-0.2, -0.15) is 0 Å². The normalized spacial score (nSPS) is 21.8. The molecule has 2 aromatic rings. The maximum absolute atomic E-state index is 13.6. The van der Waals surface area contributed by atoms with E-state index in [4.69, 9.17) is 0 Å². The van der Waals surface area contributed by atoms with E-state index in [1.807, 2.05) is 11.9 Å². The quantitative estimate of drug-likeness (QED) is 0.850. The number of benzene rings is 1. The first-order valence-electron chi connectivity index (χ1n) is 8.33. The highest BCUT2D eigenvalue weighted by Crippen LogP contribution is 2.32. The molecule has 1 atom stereocenters. The summed E-state index contributed by atoms with van der Waals surface area (Å²) in [7, 11) is 0. The van der Waals surface area contributed by atoms with Crippen molar-refractivity contribution in [2.45, 2.75) is 30.9 Å². The van der Waals surface area contributed by atoms with Gasteiger partial charge in [-0.15, -0.1) is 0 Å². The summed E-state index contributed by atoms with van der Waals surface area (Å²) in [5, 5.41) is 1.65. The largest absolute Gasteiger partial charge is 0.356 e. The smallest absolute Gasteiger partial charge is 0.139 e. The highest BCUT2D eigenvalue weighted by atomic mass is 32.2. The second-order valence-electron chi connectivity index (χ2n) is 6.48. The molecule has 1 N–H and O–H groups in total. The summed E-state index contributed by atoms with van der Waals surface area (Å²) in [6.07, 6.45) is 6.69. The summed E-state index contributed by atoms with van der Waals surface area (Å²) in [5.41, 5.74) is 0.806. The van der Waals surface area contributed by atoms with Gasteiger partial charge in [-0.05, 0) is 49.8 Å². The van der Waals surface area contributed by atoms with Crippen molar-refractivity contribution in [3.05, 3.63) is 30.3 Å². The van der Waals surface area contributed by atoms with Crippen LogP contribution in [0.3, 0.4) is 0 Å². The topological polar surface area (TPSA) is 41.1 Å². The summed E-state index contributed by atoms with van der Waals surface area (Å²) in [6.45, 7) is 2.99. The fraction of sp³-hybridized carbons (Fsp3) is 0.529. The Labute approximate surface area is 140 Å². The van der Waals surface area contributed by atoms with Gasteiger partial charge in [-0.1, -0.05) is 11.9 Å². The molecule has 4 nitrogen and oxygen atoms in total. The van der Waals surface area contributed by atoms with Crippen molar-refractivity contribution in [1.82, 2.24) is 14.7 Å². The summed E-state index contributed by atoms with van der Waals surface area (Å²) >= 11 is 1.89. The zero-order chi connectivity index (χ0) is 15.6. The SMILES string of the molecule is Fc1ccc2ncnc(N3CCCC(CNSC4CC4)C3)c2c1. The number of rotatable bonds is 5. The van der Waals surface area contributed by atoms with E-state index in [1.165, 1.54) is 25.3 Å². The van der Waals surface area contributed by atoms with Crippen LogP contribution < -0.4 is 9.62 Å². The molecule has 23 heavy (non-hydrogen) atoms. The minimum atomic E-state index is -0.232. The lowest BCUT2D eigenvalue weighted by Crippen LogP contribution is -2.39. The van der Waals surface area contributed by atoms with E-state index >= 15 is 0 Å². The van der Waals surface area contributed by atoms with Crippen molar-refractivity contribution >= 4 is 28.7 Å². The number of nitrogens with zero attached hydrogens (tertiary/aromatic N) is 3. The molecule has 1 saturated carbocycles. The van der Waals surface area contributed by atoms with Gasteiger partial charge in [0.25, 0.3) is 0 Å². The minimum absolute atomic E-state index is 0.232. The molecule has 122 valence electrons. The Morgan fingerprint density at radius 3 is 3.04 bits per heavy atom. The molecule has 4 rings (SSSR count). The van der Waals surface area contributed by atoms with Crippen molar-refractivity contribution < 1.29 is 4.39 Å². The van der Waals surface area contributed by atoms with Crippen LogP contribution in [0.1, 0.15) is 25.7 Å². The molecule has 6 heteroatoms. The Hall–Kier alpha value is -1.40. The lowest BCUT2D eigenvalue weighted by molar-refractivity contribution is 0.414. The number of halogens is 1. The Kier molecular flexibility index (Phi) is 4.35. The second-order valence-corrected chi connectivity index (χ2v) is 7.67. The molecule has 2 aliphatic rings. The summed E-state index contributed by atoms with van der Waals surface area (Å²) in [6, 6.07) is 4.73. The van der Waals surface area contributed by atoms with Crippen LogP contribution in [0.2, 0.25) is 0 Å². The molecule has 2 fully saturated rings. The maximum atomic E-state index is 13.6. The molecule has 1 aliphatic carbocycles. The first-order valence-corrected chi connectivity index (χ1v) is 9.21. The van der Waals surface area contributed by atoms with Gasteiger partial charge in [0.2, 0.25) is 0 Å². The van der Waals surface area contributed by atoms with Crippen LogP contribution in [0.4, 0.5) is 10.2 Å². The fourth-order valence-electron chi connectivity index (χ4n) is 3.16. The van der Waals surface area contributed by atoms with Gasteiger partial charge in [0.15, 0.2) is 0 Å². The van der Waals surface area contributed by atoms with Gasteiger partial charge in [-0.25, -0.2) is 14.4 Å². The van der Waals surface area contributed by atoms with Crippen LogP contribution in [-0.2, 0) is 0 Å². The number of piperidine rings is 1. The highest BCUT2D eigenvalue weighted by Gasteiger charge is 2.25. The third-order valence-electron chi connectivity index (χ3n) is 4.54. The van der Waals surface area contributed by atoms with E-state index in [2.05, 4.69) is 19.6 Å². The van der Waals surface area contributed by atoms with Crippen molar-refractivity contribution in [1.29, 1.82) is 0 Å². The number of aromatic nitrogens is 2. The second kappa shape index (κ2) is 6.61. The number of nitrogens with one attached hydrogen (secondary N) is 1. The van der Waals surface area contributed by atoms with Crippen LogP contribution in [-0.4, -0.2) is 34.9 Å². The Morgan fingerprint density at radius 2 is 2.17 bits per heavy atom. The fourth-order valence-corrected chi connectivity index (χ4v) is 4.10. The highest BCUT2D eigenvalue weighted by molar-refractivity contribution is 7.98. The van der Waals surface area contributed by atoms with E-state index in [0.29, 0.717) is 5.92 Å². The van der Waals surface area contributed by atoms with Crippen molar-refractivity contribution in [2.24, 2.45) is 5.92 Å². The number of hydrogen-bond donors (Lipinski definition) is 1. The maximum Gasteiger partial charge on any atom is 0.139 e. The van der Waals surface area contributed by atoms with Gasteiger partial charge >= 0.3 is 0 Å². The minimum Gasteiger partial charge on any atom is -0.356 e. The molecule has 1 saturated heterocycles. The van der Waals surface area contributed by atoms with Gasteiger partial charge < -0.3 is 4.90 Å². The van der Waals surface area contributed by atoms with E-state index in [-0.39, 0.29) is 5.82 Å². The van der Waals surface area contributed by atoms with E-state index in [0.717, 1.165) is 48.0 Å². The monoisotopic (exact) mass is 332 g/mol. The first kappa shape index (κ1) is 15.1. The molecular formula is C17H21FN4S. The summed E-state index contributed by atoms with van der Waals surface area (Å²) in [4.78, 5) is 11.0. The van der Waals surface area contributed by atoms with Gasteiger partial charge in [0.1, 0.15) is 18.0 Å². The number of fused-ring (bicyclic) bond motifs is 1. The molecule has 2 heterocycles. The van der Waals surface area contributed by atoms with Crippen molar-refractivity contribution in [3.63, 3.8) is 0 Å². The molecule has 0 radical (unpaired) electrons. The molecular weight excluding hydrogens is 311 g/mol. The van der Waals surface area contributed by atoms with Crippen molar-refractivity contribution in [3.8, 4) is 0 Å². The van der Waals surface area contributed by atoms with Gasteiger partial charge in [0, 0.05) is 30.3 Å². The van der Waals surface area contributed by atoms with Gasteiger partial charge in [0.05, 0.1) is 5.52 Å². The average Bonchev–Trinajstić information content (AvgIpc) is 3.39. The van der Waals surface area contributed by atoms with Crippen LogP contribution in [0.5, 0.6) is 0 Å². The van der Waals surface area contributed by atoms with Gasteiger partial charge in [-0.3, -0.25) is 4.72 Å². The number of hydrogen-bond acceptors (Lipinski definition) is 5. The lowest BCUT2D eigenvalue weighted by Gasteiger charge is -2.34. The zero-order valence-corrected chi connectivity index (χ0v) is 13.9. The predicted octanol–water partition coefficient (Wildman–Crippen LogP) is 3.39. The molecule has 1 aromatic heterocycles. The first-order chi connectivity index (χ1) is 11.3. The third kappa shape index (κ3) is 3.58. The summed E-state index contributed by atoms with van der Waals surface area (Å²) in [5.74, 6) is 1.26. The molecule has 0 bridgehead atoms. The molecule has 0 amide bonds. The van der Waals surface area contributed by atoms with Crippen LogP contribution in [0.25, 0.3) is 10.9 Å². The van der Waals surface area contributed by atoms with E-state index < -0.39 is 0 Å². The molecule has 1 unspecified atom stereocenters. The summed E-state index contributed by atoms with van der Waals surface area (Å²) < 4.78 is 17.2. The lowest BCUT2D eigenvalue weighted by atomic mass is 9.98. The third-order valence-corrected chi connectivity index (χ3v) is 5.68. The predicted molar refractivity (Wildman–Crippen MR) is 93.0 cm³/mol.